The van der Waals surface area contributed by atoms with Crippen molar-refractivity contribution < 1.29 is 0 Å². The van der Waals surface area contributed by atoms with Crippen molar-refractivity contribution in [2.24, 2.45) is 0 Å². The molecular formula is C14H15BrClN5S. The van der Waals surface area contributed by atoms with Gasteiger partial charge in [0.2, 0.25) is 5.28 Å². The van der Waals surface area contributed by atoms with E-state index in [1.54, 1.807) is 18.0 Å². The van der Waals surface area contributed by atoms with Gasteiger partial charge in [0.1, 0.15) is 5.82 Å². The standard InChI is InChI=1S/C14H15BrClN5S/c1-7(2)22-12-4-10(18)8(5-17)3-11(12)20-13-9(15)6-19-14(16)21-13/h3-7,17H,18H2,1-2H3,(H,19,20,21). The summed E-state index contributed by atoms with van der Waals surface area (Å²) in [6, 6.07) is 3.69. The second kappa shape index (κ2) is 7.30. The van der Waals surface area contributed by atoms with Crippen LogP contribution in [0.3, 0.4) is 0 Å². The topological polar surface area (TPSA) is 87.7 Å². The summed E-state index contributed by atoms with van der Waals surface area (Å²) in [6.45, 7) is 4.21. The number of hydrogen-bond acceptors (Lipinski definition) is 6. The Labute approximate surface area is 146 Å². The van der Waals surface area contributed by atoms with E-state index in [1.165, 1.54) is 6.21 Å². The number of nitrogens with one attached hydrogen (secondary N) is 2. The molecule has 0 aliphatic heterocycles. The van der Waals surface area contributed by atoms with Crippen LogP contribution in [0.4, 0.5) is 17.2 Å². The molecule has 0 fully saturated rings. The van der Waals surface area contributed by atoms with Gasteiger partial charge < -0.3 is 16.5 Å². The van der Waals surface area contributed by atoms with Gasteiger partial charge in [-0.05, 0) is 39.7 Å². The lowest BCUT2D eigenvalue weighted by atomic mass is 10.1. The Morgan fingerprint density at radius 1 is 1.45 bits per heavy atom. The number of benzene rings is 1. The minimum Gasteiger partial charge on any atom is -0.398 e. The van der Waals surface area contributed by atoms with E-state index in [0.717, 1.165) is 10.6 Å². The number of nitrogens with two attached hydrogens (primary N) is 1. The lowest BCUT2D eigenvalue weighted by molar-refractivity contribution is 1.11. The van der Waals surface area contributed by atoms with Crippen LogP contribution in [0.15, 0.2) is 27.7 Å². The first-order valence-electron chi connectivity index (χ1n) is 6.46. The van der Waals surface area contributed by atoms with E-state index >= 15 is 0 Å². The quantitative estimate of drug-likeness (QED) is 0.292. The summed E-state index contributed by atoms with van der Waals surface area (Å²) in [5.41, 5.74) is 8.01. The maximum Gasteiger partial charge on any atom is 0.224 e. The van der Waals surface area contributed by atoms with E-state index in [9.17, 15) is 0 Å². The summed E-state index contributed by atoms with van der Waals surface area (Å²) in [5, 5.41) is 11.2. The van der Waals surface area contributed by atoms with Gasteiger partial charge >= 0.3 is 0 Å². The van der Waals surface area contributed by atoms with Gasteiger partial charge in [-0.15, -0.1) is 11.8 Å². The summed E-state index contributed by atoms with van der Waals surface area (Å²) in [4.78, 5) is 9.06. The summed E-state index contributed by atoms with van der Waals surface area (Å²) in [7, 11) is 0. The van der Waals surface area contributed by atoms with E-state index in [4.69, 9.17) is 22.7 Å². The van der Waals surface area contributed by atoms with Crippen molar-refractivity contribution in [1.29, 1.82) is 5.41 Å². The SMILES string of the molecule is CC(C)Sc1cc(N)c(C=N)cc1Nc1nc(Cl)ncc1Br. The normalized spacial score (nSPS) is 10.8. The summed E-state index contributed by atoms with van der Waals surface area (Å²) in [6.07, 6.45) is 2.81. The average molecular weight is 401 g/mol. The minimum absolute atomic E-state index is 0.159. The molecule has 2 aromatic rings. The Morgan fingerprint density at radius 2 is 2.18 bits per heavy atom. The lowest BCUT2D eigenvalue weighted by Gasteiger charge is -2.16. The van der Waals surface area contributed by atoms with E-state index in [2.05, 4.69) is 45.1 Å². The minimum atomic E-state index is 0.159. The van der Waals surface area contributed by atoms with Crippen molar-refractivity contribution >= 4 is 62.7 Å². The average Bonchev–Trinajstić information content (AvgIpc) is 2.45. The van der Waals surface area contributed by atoms with Gasteiger partial charge in [-0.3, -0.25) is 0 Å². The van der Waals surface area contributed by atoms with E-state index in [1.807, 2.05) is 12.1 Å². The van der Waals surface area contributed by atoms with E-state index in [0.29, 0.717) is 26.8 Å². The van der Waals surface area contributed by atoms with Crippen molar-refractivity contribution in [2.75, 3.05) is 11.1 Å². The van der Waals surface area contributed by atoms with Crippen LogP contribution in [0, 0.1) is 5.41 Å². The number of thioether (sulfide) groups is 1. The molecule has 0 aliphatic carbocycles. The molecule has 0 amide bonds. The number of nitrogen functional groups attached to an aromatic ring is 1. The van der Waals surface area contributed by atoms with Crippen LogP contribution in [0.1, 0.15) is 19.4 Å². The fourth-order valence-corrected chi connectivity index (χ4v) is 3.11. The first kappa shape index (κ1) is 17.1. The van der Waals surface area contributed by atoms with Crippen molar-refractivity contribution in [1.82, 2.24) is 9.97 Å². The fourth-order valence-electron chi connectivity index (χ4n) is 1.75. The van der Waals surface area contributed by atoms with Crippen molar-refractivity contribution in [3.05, 3.63) is 33.6 Å². The summed E-state index contributed by atoms with van der Waals surface area (Å²) < 4.78 is 0.700. The number of halogens is 2. The second-order valence-electron chi connectivity index (χ2n) is 4.75. The molecule has 0 saturated carbocycles. The van der Waals surface area contributed by atoms with Gasteiger partial charge in [0.05, 0.1) is 10.2 Å². The first-order valence-corrected chi connectivity index (χ1v) is 8.51. The van der Waals surface area contributed by atoms with E-state index < -0.39 is 0 Å². The summed E-state index contributed by atoms with van der Waals surface area (Å²) >= 11 is 10.9. The highest BCUT2D eigenvalue weighted by molar-refractivity contribution is 9.10. The molecule has 0 atom stereocenters. The maximum absolute atomic E-state index is 7.45. The van der Waals surface area contributed by atoms with Crippen LogP contribution in [0.5, 0.6) is 0 Å². The lowest BCUT2D eigenvalue weighted by Crippen LogP contribution is -2.02. The van der Waals surface area contributed by atoms with Gasteiger partial charge in [-0.1, -0.05) is 13.8 Å². The zero-order chi connectivity index (χ0) is 16.3. The molecule has 0 spiro atoms. The molecule has 0 aliphatic rings. The predicted molar refractivity (Wildman–Crippen MR) is 97.8 cm³/mol. The number of anilines is 3. The van der Waals surface area contributed by atoms with Gasteiger partial charge in [0, 0.05) is 33.8 Å². The van der Waals surface area contributed by atoms with Gasteiger partial charge in [0.25, 0.3) is 0 Å². The summed E-state index contributed by atoms with van der Waals surface area (Å²) in [5.74, 6) is 0.561. The molecular weight excluding hydrogens is 386 g/mol. The predicted octanol–water partition coefficient (Wildman–Crippen LogP) is 4.72. The number of nitrogens with zero attached hydrogens (tertiary/aromatic N) is 2. The molecule has 22 heavy (non-hydrogen) atoms. The Balaban J connectivity index is 2.47. The second-order valence-corrected chi connectivity index (χ2v) is 7.56. The molecule has 1 heterocycles. The molecule has 1 aromatic carbocycles. The maximum atomic E-state index is 7.45. The van der Waals surface area contributed by atoms with Crippen LogP contribution in [0.2, 0.25) is 5.28 Å². The molecule has 5 nitrogen and oxygen atoms in total. The number of hydrogen-bond donors (Lipinski definition) is 3. The number of rotatable bonds is 5. The Morgan fingerprint density at radius 3 is 2.82 bits per heavy atom. The fraction of sp³-hybridized carbons (Fsp3) is 0.214. The molecule has 116 valence electrons. The van der Waals surface area contributed by atoms with Crippen molar-refractivity contribution in [2.45, 2.75) is 24.0 Å². The Hall–Kier alpha value is -1.31. The third-order valence-corrected chi connectivity index (χ3v) is 4.50. The molecule has 4 N–H and O–H groups in total. The third-order valence-electron chi connectivity index (χ3n) is 2.67. The first-order chi connectivity index (χ1) is 10.4. The molecule has 0 bridgehead atoms. The smallest absolute Gasteiger partial charge is 0.224 e. The van der Waals surface area contributed by atoms with Gasteiger partial charge in [0.15, 0.2) is 0 Å². The zero-order valence-corrected chi connectivity index (χ0v) is 15.2. The van der Waals surface area contributed by atoms with Crippen molar-refractivity contribution in [3.63, 3.8) is 0 Å². The largest absolute Gasteiger partial charge is 0.398 e. The molecule has 0 radical (unpaired) electrons. The zero-order valence-electron chi connectivity index (χ0n) is 12.0. The van der Waals surface area contributed by atoms with Crippen LogP contribution in [-0.4, -0.2) is 21.4 Å². The Bertz CT molecular complexity index is 708. The Kier molecular flexibility index (Phi) is 5.66. The highest BCUT2D eigenvalue weighted by Gasteiger charge is 2.12. The highest BCUT2D eigenvalue weighted by atomic mass is 79.9. The van der Waals surface area contributed by atoms with E-state index in [-0.39, 0.29) is 5.28 Å². The van der Waals surface area contributed by atoms with Crippen LogP contribution >= 0.6 is 39.3 Å². The van der Waals surface area contributed by atoms with Crippen LogP contribution in [-0.2, 0) is 0 Å². The molecule has 1 aromatic heterocycles. The monoisotopic (exact) mass is 399 g/mol. The highest BCUT2D eigenvalue weighted by Crippen LogP contribution is 2.36. The van der Waals surface area contributed by atoms with Gasteiger partial charge in [-0.2, -0.15) is 4.98 Å². The van der Waals surface area contributed by atoms with Gasteiger partial charge in [-0.25, -0.2) is 4.98 Å². The molecule has 0 unspecified atom stereocenters. The van der Waals surface area contributed by atoms with Crippen molar-refractivity contribution in [3.8, 4) is 0 Å². The number of aromatic nitrogens is 2. The molecule has 8 heteroatoms. The molecule has 0 saturated heterocycles. The third kappa shape index (κ3) is 4.12. The van der Waals surface area contributed by atoms with Crippen LogP contribution in [0.25, 0.3) is 0 Å². The van der Waals surface area contributed by atoms with Crippen LogP contribution < -0.4 is 11.1 Å². The molecule has 2 rings (SSSR count).